The highest BCUT2D eigenvalue weighted by Crippen LogP contribution is 2.39. The van der Waals surface area contributed by atoms with Crippen LogP contribution in [0.25, 0.3) is 10.4 Å². The Morgan fingerprint density at radius 3 is 2.97 bits per heavy atom. The Morgan fingerprint density at radius 2 is 2.28 bits per heavy atom. The molecule has 11 heteroatoms. The highest BCUT2D eigenvalue weighted by Gasteiger charge is 2.48. The van der Waals surface area contributed by atoms with E-state index in [1.807, 2.05) is 0 Å². The topological polar surface area (TPSA) is 145 Å². The average Bonchev–Trinajstić information content (AvgIpc) is 3.01. The van der Waals surface area contributed by atoms with E-state index in [9.17, 15) is 14.0 Å². The molecule has 1 saturated heterocycles. The van der Waals surface area contributed by atoms with Crippen LogP contribution in [0.15, 0.2) is 22.2 Å². The molecule has 0 aliphatic carbocycles. The van der Waals surface area contributed by atoms with Crippen molar-refractivity contribution < 1.29 is 18.7 Å². The summed E-state index contributed by atoms with van der Waals surface area (Å²) in [6.45, 7) is 1.61. The molecule has 2 heterocycles. The van der Waals surface area contributed by atoms with Crippen LogP contribution in [0.3, 0.4) is 0 Å². The maximum absolute atomic E-state index is 14.7. The minimum atomic E-state index is -1.58. The van der Waals surface area contributed by atoms with Crippen LogP contribution in [0.5, 0.6) is 0 Å². The van der Waals surface area contributed by atoms with Gasteiger partial charge in [0.2, 0.25) is 0 Å². The zero-order chi connectivity index (χ0) is 21.3. The van der Waals surface area contributed by atoms with Gasteiger partial charge in [-0.1, -0.05) is 37.7 Å². The average molecular weight is 410 g/mol. The maximum Gasteiger partial charge on any atom is 0.351 e. The SMILES string of the molecule is CCCCCCCC(=O)OC[C@]1(CN=[N+]=[N-])C[C@@H](F)[C@H](n2ccc(N)nc2=O)O1. The second kappa shape index (κ2) is 10.8. The van der Waals surface area contributed by atoms with Crippen LogP contribution in [-0.2, 0) is 14.3 Å². The molecule has 0 amide bonds. The van der Waals surface area contributed by atoms with Crippen molar-refractivity contribution in [3.63, 3.8) is 0 Å². The number of azide groups is 1. The molecule has 1 fully saturated rings. The monoisotopic (exact) mass is 410 g/mol. The number of nitrogens with two attached hydrogens (primary N) is 1. The van der Waals surface area contributed by atoms with E-state index in [4.69, 9.17) is 20.7 Å². The zero-order valence-electron chi connectivity index (χ0n) is 16.5. The molecule has 29 heavy (non-hydrogen) atoms. The molecule has 1 aromatic rings. The number of unbranched alkanes of at least 4 members (excludes halogenated alkanes) is 4. The normalized spacial score (nSPS) is 23.5. The molecule has 0 bridgehead atoms. The largest absolute Gasteiger partial charge is 0.463 e. The number of esters is 1. The minimum Gasteiger partial charge on any atom is -0.463 e. The number of rotatable bonds is 11. The predicted octanol–water partition coefficient (Wildman–Crippen LogP) is 3.04. The van der Waals surface area contributed by atoms with E-state index in [0.29, 0.717) is 6.42 Å². The highest BCUT2D eigenvalue weighted by atomic mass is 19.1. The lowest BCUT2D eigenvalue weighted by atomic mass is 10.0. The number of nitrogen functional groups attached to an aromatic ring is 1. The van der Waals surface area contributed by atoms with E-state index in [0.717, 1.165) is 30.3 Å². The van der Waals surface area contributed by atoms with Gasteiger partial charge in [0.25, 0.3) is 0 Å². The van der Waals surface area contributed by atoms with Crippen LogP contribution in [0.4, 0.5) is 10.2 Å². The summed E-state index contributed by atoms with van der Waals surface area (Å²) >= 11 is 0. The van der Waals surface area contributed by atoms with Gasteiger partial charge in [-0.3, -0.25) is 9.36 Å². The third kappa shape index (κ3) is 6.43. The number of hydrogen-bond acceptors (Lipinski definition) is 7. The molecule has 0 unspecified atom stereocenters. The molecule has 1 aliphatic rings. The zero-order valence-corrected chi connectivity index (χ0v) is 16.5. The highest BCUT2D eigenvalue weighted by molar-refractivity contribution is 5.69. The lowest BCUT2D eigenvalue weighted by Gasteiger charge is -2.27. The molecule has 3 atom stereocenters. The van der Waals surface area contributed by atoms with Crippen molar-refractivity contribution in [3.05, 3.63) is 33.2 Å². The van der Waals surface area contributed by atoms with Crippen molar-refractivity contribution >= 4 is 11.8 Å². The Bertz CT molecular complexity index is 797. The smallest absolute Gasteiger partial charge is 0.351 e. The molecule has 0 spiro atoms. The Balaban J connectivity index is 2.02. The second-order valence-corrected chi connectivity index (χ2v) is 7.17. The van der Waals surface area contributed by atoms with E-state index in [2.05, 4.69) is 21.9 Å². The molecule has 10 nitrogen and oxygen atoms in total. The van der Waals surface area contributed by atoms with E-state index in [-0.39, 0.29) is 31.8 Å². The lowest BCUT2D eigenvalue weighted by molar-refractivity contribution is -0.157. The van der Waals surface area contributed by atoms with Gasteiger partial charge in [0.15, 0.2) is 6.23 Å². The van der Waals surface area contributed by atoms with Crippen molar-refractivity contribution in [1.82, 2.24) is 9.55 Å². The van der Waals surface area contributed by atoms with Crippen LogP contribution >= 0.6 is 0 Å². The number of aromatic nitrogens is 2. The number of alkyl halides is 1. The van der Waals surface area contributed by atoms with Gasteiger partial charge in [-0.25, -0.2) is 9.18 Å². The fourth-order valence-electron chi connectivity index (χ4n) is 3.24. The molecule has 1 aliphatic heterocycles. The van der Waals surface area contributed by atoms with Crippen LogP contribution < -0.4 is 11.4 Å². The van der Waals surface area contributed by atoms with Gasteiger partial charge in [0.1, 0.15) is 24.2 Å². The maximum atomic E-state index is 14.7. The first-order chi connectivity index (χ1) is 13.9. The van der Waals surface area contributed by atoms with Crippen LogP contribution in [0.1, 0.15) is 58.1 Å². The summed E-state index contributed by atoms with van der Waals surface area (Å²) in [6.07, 6.45) is 3.42. The number of halogens is 1. The summed E-state index contributed by atoms with van der Waals surface area (Å²) in [5, 5.41) is 3.47. The van der Waals surface area contributed by atoms with Crippen molar-refractivity contribution in [3.8, 4) is 0 Å². The number of carbonyl (C=O) groups excluding carboxylic acids is 1. The third-order valence-corrected chi connectivity index (χ3v) is 4.78. The molecule has 2 N–H and O–H groups in total. The lowest BCUT2D eigenvalue weighted by Crippen LogP contribution is -2.39. The van der Waals surface area contributed by atoms with E-state index in [1.165, 1.54) is 12.3 Å². The van der Waals surface area contributed by atoms with Crippen molar-refractivity contribution in [2.45, 2.75) is 69.9 Å². The van der Waals surface area contributed by atoms with E-state index < -0.39 is 29.7 Å². The Kier molecular flexibility index (Phi) is 8.41. The first-order valence-electron chi connectivity index (χ1n) is 9.74. The van der Waals surface area contributed by atoms with Crippen LogP contribution in [-0.4, -0.2) is 40.4 Å². The minimum absolute atomic E-state index is 0.00728. The molecule has 1 aromatic heterocycles. The third-order valence-electron chi connectivity index (χ3n) is 4.78. The van der Waals surface area contributed by atoms with Crippen LogP contribution in [0.2, 0.25) is 0 Å². The molecule has 0 aromatic carbocycles. The summed E-state index contributed by atoms with van der Waals surface area (Å²) in [4.78, 5) is 30.3. The summed E-state index contributed by atoms with van der Waals surface area (Å²) in [7, 11) is 0. The summed E-state index contributed by atoms with van der Waals surface area (Å²) in [6, 6.07) is 1.35. The van der Waals surface area contributed by atoms with Gasteiger partial charge in [0, 0.05) is 24.0 Å². The van der Waals surface area contributed by atoms with Gasteiger partial charge >= 0.3 is 11.7 Å². The standard InChI is InChI=1S/C18H27FN6O4/c1-2-3-4-5-6-7-15(26)28-12-18(11-22-24-21)10-13(19)16(29-18)25-9-8-14(20)23-17(25)27/h8-9,13,16H,2-7,10-12H2,1H3,(H2,20,23,27)/t13-,16-,18-/m1/s1. The number of anilines is 1. The molecule has 2 rings (SSSR count). The van der Waals surface area contributed by atoms with Crippen molar-refractivity contribution in [2.24, 2.45) is 5.11 Å². The molecular weight excluding hydrogens is 383 g/mol. The van der Waals surface area contributed by atoms with Gasteiger partial charge < -0.3 is 15.2 Å². The van der Waals surface area contributed by atoms with Crippen LogP contribution in [0, 0.1) is 0 Å². The first-order valence-corrected chi connectivity index (χ1v) is 9.74. The number of hydrogen-bond donors (Lipinski definition) is 1. The molecule has 0 radical (unpaired) electrons. The fraction of sp³-hybridized carbons (Fsp3) is 0.722. The molecule has 160 valence electrons. The molecular formula is C18H27FN6O4. The first kappa shape index (κ1) is 22.6. The quantitative estimate of drug-likeness (QED) is 0.195. The summed E-state index contributed by atoms with van der Waals surface area (Å²) < 4.78 is 26.7. The Hall–Kier alpha value is -2.65. The van der Waals surface area contributed by atoms with E-state index in [1.54, 1.807) is 0 Å². The summed E-state index contributed by atoms with van der Waals surface area (Å²) in [5.74, 6) is -0.413. The van der Waals surface area contributed by atoms with Gasteiger partial charge in [-0.2, -0.15) is 4.98 Å². The Labute approximate surface area is 167 Å². The number of carbonyl (C=O) groups is 1. The second-order valence-electron chi connectivity index (χ2n) is 7.17. The number of nitrogens with zero attached hydrogens (tertiary/aromatic N) is 5. The van der Waals surface area contributed by atoms with Crippen molar-refractivity contribution in [2.75, 3.05) is 18.9 Å². The number of ether oxygens (including phenoxy) is 2. The predicted molar refractivity (Wildman–Crippen MR) is 104 cm³/mol. The Morgan fingerprint density at radius 1 is 1.52 bits per heavy atom. The van der Waals surface area contributed by atoms with Crippen molar-refractivity contribution in [1.29, 1.82) is 0 Å². The fourth-order valence-corrected chi connectivity index (χ4v) is 3.24. The summed E-state index contributed by atoms with van der Waals surface area (Å²) in [5.41, 5.74) is 12.0. The van der Waals surface area contributed by atoms with Gasteiger partial charge in [-0.15, -0.1) is 0 Å². The van der Waals surface area contributed by atoms with E-state index >= 15 is 0 Å². The molecule has 0 saturated carbocycles. The van der Waals surface area contributed by atoms with Gasteiger partial charge in [-0.05, 0) is 18.0 Å². The van der Waals surface area contributed by atoms with Gasteiger partial charge in [0.05, 0.1) is 6.54 Å².